The number of ketones is 1. The summed E-state index contributed by atoms with van der Waals surface area (Å²) < 4.78 is 24.9. The molecule has 196 valence electrons. The summed E-state index contributed by atoms with van der Waals surface area (Å²) in [5, 5.41) is 14.9. The topological polar surface area (TPSA) is 166 Å². The van der Waals surface area contributed by atoms with Crippen LogP contribution in [0.5, 0.6) is 0 Å². The van der Waals surface area contributed by atoms with Gasteiger partial charge in [-0.3, -0.25) is 19.2 Å². The van der Waals surface area contributed by atoms with E-state index < -0.39 is 52.0 Å². The number of Topliss-reactive ketones (excluding diaryl/α,β-unsaturated/α-hetero) is 1. The average molecular weight is 521 g/mol. The number of aryl methyl sites for hydroxylation is 1. The van der Waals surface area contributed by atoms with E-state index in [0.29, 0.717) is 38.0 Å². The highest BCUT2D eigenvalue weighted by Gasteiger charge is 2.50. The summed E-state index contributed by atoms with van der Waals surface area (Å²) in [5.41, 5.74) is 0.669. The van der Waals surface area contributed by atoms with Crippen LogP contribution in [0.3, 0.4) is 0 Å². The summed E-state index contributed by atoms with van der Waals surface area (Å²) in [6.07, 6.45) is 4.26. The van der Waals surface area contributed by atoms with E-state index in [4.69, 9.17) is 0 Å². The maximum Gasteiger partial charge on any atom is 0.271 e. The molecule has 3 fully saturated rings. The molecule has 5 rings (SSSR count). The molecule has 12 heteroatoms. The van der Waals surface area contributed by atoms with Gasteiger partial charge in [-0.25, -0.2) is 8.42 Å². The van der Waals surface area contributed by atoms with Crippen molar-refractivity contribution >= 4 is 33.3 Å². The molecule has 5 atom stereocenters. The zero-order chi connectivity index (χ0) is 25.6. The third-order valence-electron chi connectivity index (χ3n) is 8.23. The van der Waals surface area contributed by atoms with Gasteiger partial charge in [-0.05, 0) is 56.4 Å². The molecule has 4 N–H and O–H groups in total. The molecule has 4 aliphatic rings. The van der Waals surface area contributed by atoms with Crippen LogP contribution in [0.4, 0.5) is 0 Å². The number of H-pyrrole nitrogens is 1. The predicted octanol–water partition coefficient (Wildman–Crippen LogP) is -0.452. The molecule has 4 heterocycles. The first-order valence-corrected chi connectivity index (χ1v) is 14.3. The molecular weight excluding hydrogens is 488 g/mol. The van der Waals surface area contributed by atoms with Crippen molar-refractivity contribution in [2.75, 3.05) is 25.4 Å². The van der Waals surface area contributed by atoms with Gasteiger partial charge in [-0.1, -0.05) is 6.42 Å². The van der Waals surface area contributed by atoms with Crippen molar-refractivity contribution in [1.82, 2.24) is 20.5 Å². The van der Waals surface area contributed by atoms with E-state index in [1.54, 1.807) is 0 Å². The molecule has 0 unspecified atom stereocenters. The Labute approximate surface area is 209 Å². The number of hydrogen-bond acceptors (Lipinski definition) is 7. The van der Waals surface area contributed by atoms with Gasteiger partial charge < -0.3 is 25.6 Å². The largest absolute Gasteiger partial charge is 0.389 e. The second kappa shape index (κ2) is 9.62. The summed E-state index contributed by atoms with van der Waals surface area (Å²) >= 11 is 0. The zero-order valence-electron chi connectivity index (χ0n) is 20.0. The van der Waals surface area contributed by atoms with Gasteiger partial charge in [0, 0.05) is 24.7 Å². The number of sulfone groups is 1. The molecule has 1 saturated carbocycles. The highest BCUT2D eigenvalue weighted by molar-refractivity contribution is 7.91. The van der Waals surface area contributed by atoms with E-state index in [1.807, 2.05) is 0 Å². The Morgan fingerprint density at radius 3 is 2.69 bits per heavy atom. The van der Waals surface area contributed by atoms with Crippen molar-refractivity contribution in [2.24, 2.45) is 17.8 Å². The molecule has 3 aliphatic heterocycles. The molecule has 3 amide bonds. The van der Waals surface area contributed by atoms with Gasteiger partial charge in [0.15, 0.2) is 15.6 Å². The van der Waals surface area contributed by atoms with E-state index in [0.717, 1.165) is 19.3 Å². The molecule has 0 bridgehead atoms. The first-order chi connectivity index (χ1) is 17.2. The van der Waals surface area contributed by atoms with Gasteiger partial charge in [-0.2, -0.15) is 0 Å². The van der Waals surface area contributed by atoms with Crippen molar-refractivity contribution in [3.63, 3.8) is 0 Å². The molecule has 0 radical (unpaired) electrons. The molecule has 36 heavy (non-hydrogen) atoms. The molecule has 11 nitrogen and oxygen atoms in total. The second-order valence-electron chi connectivity index (χ2n) is 10.4. The molecule has 0 aromatic carbocycles. The van der Waals surface area contributed by atoms with Gasteiger partial charge in [-0.15, -0.1) is 0 Å². The number of nitrogens with one attached hydrogen (secondary N) is 3. The van der Waals surface area contributed by atoms with E-state index in [2.05, 4.69) is 15.6 Å². The fourth-order valence-electron chi connectivity index (χ4n) is 6.40. The first kappa shape index (κ1) is 24.9. The molecule has 1 aromatic rings. The quantitative estimate of drug-likeness (QED) is 0.378. The summed E-state index contributed by atoms with van der Waals surface area (Å²) in [5.74, 6) is -1.99. The number of carbonyl (C=O) groups excluding carboxylic acids is 4. The average Bonchev–Trinajstić information content (AvgIpc) is 3.61. The molecular formula is C24H32N4O7S. The maximum atomic E-state index is 13.6. The number of fused-ring (bicyclic) bond motifs is 2. The van der Waals surface area contributed by atoms with Crippen molar-refractivity contribution in [3.05, 3.63) is 17.5 Å². The third kappa shape index (κ3) is 4.45. The lowest BCUT2D eigenvalue weighted by atomic mass is 9.92. The lowest BCUT2D eigenvalue weighted by molar-refractivity contribution is -0.133. The molecule has 1 aromatic heterocycles. The maximum absolute atomic E-state index is 13.6. The van der Waals surface area contributed by atoms with Gasteiger partial charge in [0.25, 0.3) is 5.91 Å². The van der Waals surface area contributed by atoms with Crippen LogP contribution in [0.1, 0.15) is 54.7 Å². The number of aromatic nitrogens is 1. The number of aliphatic hydroxyl groups is 1. The minimum Gasteiger partial charge on any atom is -0.389 e. The minimum atomic E-state index is -3.44. The fraction of sp³-hybridized carbons (Fsp3) is 0.667. The number of nitrogens with zero attached hydrogens (tertiary/aromatic N) is 1. The van der Waals surface area contributed by atoms with Crippen molar-refractivity contribution in [3.8, 4) is 0 Å². The van der Waals surface area contributed by atoms with Crippen LogP contribution in [0.15, 0.2) is 11.0 Å². The normalized spacial score (nSPS) is 29.4. The van der Waals surface area contributed by atoms with Gasteiger partial charge in [0.05, 0.1) is 16.7 Å². The van der Waals surface area contributed by atoms with Crippen LogP contribution in [0.25, 0.3) is 0 Å². The molecule has 1 aliphatic carbocycles. The van der Waals surface area contributed by atoms with Crippen LogP contribution in [0.2, 0.25) is 0 Å². The lowest BCUT2D eigenvalue weighted by Gasteiger charge is -2.29. The van der Waals surface area contributed by atoms with Crippen molar-refractivity contribution < 1.29 is 32.7 Å². The van der Waals surface area contributed by atoms with Crippen LogP contribution < -0.4 is 10.6 Å². The first-order valence-electron chi connectivity index (χ1n) is 12.7. The minimum absolute atomic E-state index is 0.0453. The van der Waals surface area contributed by atoms with E-state index >= 15 is 0 Å². The summed E-state index contributed by atoms with van der Waals surface area (Å²) in [6, 6.07) is -0.462. The van der Waals surface area contributed by atoms with Gasteiger partial charge >= 0.3 is 0 Å². The second-order valence-corrected chi connectivity index (χ2v) is 12.5. The summed E-state index contributed by atoms with van der Waals surface area (Å²) in [7, 11) is -3.44. The van der Waals surface area contributed by atoms with Crippen LogP contribution >= 0.6 is 0 Å². The highest BCUT2D eigenvalue weighted by Crippen LogP contribution is 2.43. The summed E-state index contributed by atoms with van der Waals surface area (Å²) in [4.78, 5) is 56.3. The Balaban J connectivity index is 1.38. The number of amides is 3. The van der Waals surface area contributed by atoms with Gasteiger partial charge in [0.2, 0.25) is 11.8 Å². The molecule has 2 saturated heterocycles. The van der Waals surface area contributed by atoms with E-state index in [1.165, 1.54) is 11.0 Å². The van der Waals surface area contributed by atoms with E-state index in [9.17, 15) is 32.7 Å². The predicted molar refractivity (Wildman–Crippen MR) is 127 cm³/mol. The Morgan fingerprint density at radius 2 is 2.00 bits per heavy atom. The van der Waals surface area contributed by atoms with Crippen LogP contribution in [0, 0.1) is 17.8 Å². The smallest absolute Gasteiger partial charge is 0.271 e. The molecule has 0 spiro atoms. The fourth-order valence-corrected chi connectivity index (χ4v) is 7.97. The van der Waals surface area contributed by atoms with Gasteiger partial charge in [0.1, 0.15) is 18.3 Å². The number of hydrogen-bond donors (Lipinski definition) is 4. The SMILES string of the molecule is O=C1NCC[C@H]1C[C@H](NC(=O)[C@@H]1[C@H]2CCC[C@H]2CN1C(=O)c1cc2c([nH]1)CCCS2(=O)=O)C(=O)CO. The Kier molecular flexibility index (Phi) is 6.67. The number of aliphatic hydroxyl groups excluding tert-OH is 1. The van der Waals surface area contributed by atoms with Crippen molar-refractivity contribution in [1.29, 1.82) is 0 Å². The lowest BCUT2D eigenvalue weighted by Crippen LogP contribution is -2.53. The Morgan fingerprint density at radius 1 is 1.19 bits per heavy atom. The van der Waals surface area contributed by atoms with Crippen LogP contribution in [-0.2, 0) is 30.6 Å². The zero-order valence-corrected chi connectivity index (χ0v) is 20.8. The number of rotatable bonds is 7. The van der Waals surface area contributed by atoms with Crippen molar-refractivity contribution in [2.45, 2.75) is 61.9 Å². The third-order valence-corrected chi connectivity index (χ3v) is 10.1. The number of carbonyl (C=O) groups is 4. The van der Waals surface area contributed by atoms with E-state index in [-0.39, 0.29) is 40.5 Å². The monoisotopic (exact) mass is 520 g/mol. The summed E-state index contributed by atoms with van der Waals surface area (Å²) in [6.45, 7) is 0.116. The standard InChI is InChI=1S/C24H32N4O7S/c29-12-19(30)17(9-13-6-7-25-22(13)31)27-23(32)21-15-4-1-3-14(15)11-28(21)24(33)18-10-20-16(26-18)5-2-8-36(20,34)35/h10,13-15,17,21,26,29H,1-9,11-12H2,(H,25,31)(H,27,32)/t13-,14-,15-,17-,21-/m0/s1. The number of aromatic amines is 1. The van der Waals surface area contributed by atoms with Crippen LogP contribution in [-0.4, -0.2) is 84.4 Å². The highest BCUT2D eigenvalue weighted by atomic mass is 32.2. The Bertz CT molecular complexity index is 1190. The Hall–Kier alpha value is -2.73. The number of likely N-dealkylation sites (tertiary alicyclic amines) is 1.